The molecule has 5 heteroatoms. The number of carbonyl (C=O) groups is 1. The number of nitrogens with zero attached hydrogens (tertiary/aromatic N) is 1. The van der Waals surface area contributed by atoms with Crippen molar-refractivity contribution in [1.82, 2.24) is 10.3 Å². The van der Waals surface area contributed by atoms with Crippen molar-refractivity contribution in [3.8, 4) is 0 Å². The maximum atomic E-state index is 12.1. The highest BCUT2D eigenvalue weighted by atomic mass is 35.5. The van der Waals surface area contributed by atoms with Crippen LogP contribution in [0, 0.1) is 0 Å². The molecule has 20 heavy (non-hydrogen) atoms. The Labute approximate surface area is 127 Å². The lowest BCUT2D eigenvalue weighted by atomic mass is 10.1. The first-order valence-corrected chi connectivity index (χ1v) is 6.98. The molecule has 0 radical (unpaired) electrons. The summed E-state index contributed by atoms with van der Waals surface area (Å²) in [6.45, 7) is 1.95. The van der Waals surface area contributed by atoms with Gasteiger partial charge in [0.25, 0.3) is 5.91 Å². The molecule has 1 heterocycles. The van der Waals surface area contributed by atoms with E-state index in [1.165, 1.54) is 17.7 Å². The van der Waals surface area contributed by atoms with E-state index in [1.807, 2.05) is 37.3 Å². The van der Waals surface area contributed by atoms with Crippen LogP contribution in [0.5, 0.6) is 0 Å². The maximum absolute atomic E-state index is 12.1. The lowest BCUT2D eigenvalue weighted by Crippen LogP contribution is -2.34. The Hall–Kier alpha value is -1.58. The van der Waals surface area contributed by atoms with Gasteiger partial charge < -0.3 is 5.32 Å². The van der Waals surface area contributed by atoms with Gasteiger partial charge in [0.05, 0.1) is 0 Å². The molecule has 1 atom stereocenters. The van der Waals surface area contributed by atoms with Gasteiger partial charge in [-0.1, -0.05) is 53.5 Å². The predicted octanol–water partition coefficient (Wildman–Crippen LogP) is 3.75. The molecule has 0 bridgehead atoms. The molecule has 1 aromatic carbocycles. The molecule has 1 N–H and O–H groups in total. The van der Waals surface area contributed by atoms with E-state index in [4.69, 9.17) is 23.2 Å². The van der Waals surface area contributed by atoms with Gasteiger partial charge in [-0.25, -0.2) is 4.98 Å². The van der Waals surface area contributed by atoms with Crippen molar-refractivity contribution in [3.63, 3.8) is 0 Å². The van der Waals surface area contributed by atoms with Crippen LogP contribution in [-0.2, 0) is 6.42 Å². The molecule has 0 aliphatic rings. The summed E-state index contributed by atoms with van der Waals surface area (Å²) in [5.41, 5.74) is 1.58. The van der Waals surface area contributed by atoms with Crippen LogP contribution in [0.1, 0.15) is 22.8 Å². The molecule has 0 unspecified atom stereocenters. The summed E-state index contributed by atoms with van der Waals surface area (Å²) in [4.78, 5) is 15.9. The van der Waals surface area contributed by atoms with E-state index in [9.17, 15) is 4.79 Å². The van der Waals surface area contributed by atoms with E-state index in [2.05, 4.69) is 10.3 Å². The predicted molar refractivity (Wildman–Crippen MR) is 81.3 cm³/mol. The molecule has 2 rings (SSSR count). The number of hydrogen-bond acceptors (Lipinski definition) is 2. The number of benzene rings is 1. The van der Waals surface area contributed by atoms with Crippen molar-refractivity contribution in [1.29, 1.82) is 0 Å². The van der Waals surface area contributed by atoms with Crippen LogP contribution in [-0.4, -0.2) is 16.9 Å². The van der Waals surface area contributed by atoms with Gasteiger partial charge in [-0.15, -0.1) is 0 Å². The summed E-state index contributed by atoms with van der Waals surface area (Å²) in [6, 6.07) is 13.0. The van der Waals surface area contributed by atoms with Gasteiger partial charge >= 0.3 is 0 Å². The Balaban J connectivity index is 2.00. The summed E-state index contributed by atoms with van der Waals surface area (Å²) in [7, 11) is 0. The average Bonchev–Trinajstić information content (AvgIpc) is 2.38. The Morgan fingerprint density at radius 1 is 1.20 bits per heavy atom. The lowest BCUT2D eigenvalue weighted by molar-refractivity contribution is 0.0940. The summed E-state index contributed by atoms with van der Waals surface area (Å²) in [6.07, 6.45) is 0.763. The zero-order valence-electron chi connectivity index (χ0n) is 10.9. The first-order valence-electron chi connectivity index (χ1n) is 6.22. The van der Waals surface area contributed by atoms with E-state index in [-0.39, 0.29) is 22.3 Å². The number of aromatic nitrogens is 1. The summed E-state index contributed by atoms with van der Waals surface area (Å²) >= 11 is 11.6. The van der Waals surface area contributed by atoms with Crippen molar-refractivity contribution >= 4 is 29.1 Å². The molecule has 2 aromatic rings. The SMILES string of the molecule is C[C@@H](Cc1ccccc1)NC(=O)c1cc(Cl)nc(Cl)c1. The molecule has 0 spiro atoms. The third-order valence-electron chi connectivity index (χ3n) is 2.79. The second-order valence-electron chi connectivity index (χ2n) is 4.57. The van der Waals surface area contributed by atoms with E-state index in [0.29, 0.717) is 5.56 Å². The van der Waals surface area contributed by atoms with Gasteiger partial charge in [0.1, 0.15) is 10.3 Å². The van der Waals surface area contributed by atoms with Crippen molar-refractivity contribution in [2.75, 3.05) is 0 Å². The molecule has 1 aromatic heterocycles. The third-order valence-corrected chi connectivity index (χ3v) is 3.17. The van der Waals surface area contributed by atoms with Gasteiger partial charge in [0.15, 0.2) is 0 Å². The highest BCUT2D eigenvalue weighted by molar-refractivity contribution is 6.33. The van der Waals surface area contributed by atoms with Gasteiger partial charge in [0.2, 0.25) is 0 Å². The first kappa shape index (κ1) is 14.8. The molecule has 0 saturated heterocycles. The molecule has 0 aliphatic carbocycles. The van der Waals surface area contributed by atoms with E-state index in [1.54, 1.807) is 0 Å². The molecule has 0 fully saturated rings. The molecular weight excluding hydrogens is 295 g/mol. The van der Waals surface area contributed by atoms with Crippen LogP contribution in [0.25, 0.3) is 0 Å². The molecule has 3 nitrogen and oxygen atoms in total. The second kappa shape index (κ2) is 6.73. The number of pyridine rings is 1. The Morgan fingerprint density at radius 2 is 1.80 bits per heavy atom. The topological polar surface area (TPSA) is 42.0 Å². The molecule has 1 amide bonds. The number of hydrogen-bond donors (Lipinski definition) is 1. The lowest BCUT2D eigenvalue weighted by Gasteiger charge is -2.14. The Bertz CT molecular complexity index is 582. The fourth-order valence-electron chi connectivity index (χ4n) is 1.92. The number of carbonyl (C=O) groups excluding carboxylic acids is 1. The van der Waals surface area contributed by atoms with E-state index >= 15 is 0 Å². The minimum absolute atomic E-state index is 0.00983. The molecular formula is C15H14Cl2N2O. The normalized spacial score (nSPS) is 11.9. The number of amides is 1. The summed E-state index contributed by atoms with van der Waals surface area (Å²) < 4.78 is 0. The van der Waals surface area contributed by atoms with Gasteiger partial charge in [-0.3, -0.25) is 4.79 Å². The van der Waals surface area contributed by atoms with Crippen molar-refractivity contribution in [2.45, 2.75) is 19.4 Å². The highest BCUT2D eigenvalue weighted by Gasteiger charge is 2.12. The van der Waals surface area contributed by atoms with Gasteiger partial charge in [-0.05, 0) is 31.0 Å². The van der Waals surface area contributed by atoms with Crippen LogP contribution in [0.2, 0.25) is 10.3 Å². The average molecular weight is 309 g/mol. The van der Waals surface area contributed by atoms with Crippen molar-refractivity contribution in [3.05, 3.63) is 63.9 Å². The molecule has 0 aliphatic heterocycles. The summed E-state index contributed by atoms with van der Waals surface area (Å²) in [5.74, 6) is -0.209. The van der Waals surface area contributed by atoms with Crippen molar-refractivity contribution < 1.29 is 4.79 Å². The molecule has 104 valence electrons. The van der Waals surface area contributed by atoms with Crippen LogP contribution in [0.4, 0.5) is 0 Å². The first-order chi connectivity index (χ1) is 9.54. The second-order valence-corrected chi connectivity index (χ2v) is 5.34. The molecule has 0 saturated carbocycles. The maximum Gasteiger partial charge on any atom is 0.251 e. The van der Waals surface area contributed by atoms with Crippen LogP contribution < -0.4 is 5.32 Å². The van der Waals surface area contributed by atoms with E-state index in [0.717, 1.165) is 6.42 Å². The summed E-state index contributed by atoms with van der Waals surface area (Å²) in [5, 5.41) is 3.33. The van der Waals surface area contributed by atoms with Crippen LogP contribution in [0.15, 0.2) is 42.5 Å². The zero-order valence-corrected chi connectivity index (χ0v) is 12.4. The fourth-order valence-corrected chi connectivity index (χ4v) is 2.38. The third kappa shape index (κ3) is 4.22. The number of rotatable bonds is 4. The largest absolute Gasteiger partial charge is 0.349 e. The number of halogens is 2. The van der Waals surface area contributed by atoms with Crippen LogP contribution >= 0.6 is 23.2 Å². The minimum atomic E-state index is -0.209. The van der Waals surface area contributed by atoms with Gasteiger partial charge in [-0.2, -0.15) is 0 Å². The number of nitrogens with one attached hydrogen (secondary N) is 1. The van der Waals surface area contributed by atoms with Crippen molar-refractivity contribution in [2.24, 2.45) is 0 Å². The highest BCUT2D eigenvalue weighted by Crippen LogP contribution is 2.15. The fraction of sp³-hybridized carbons (Fsp3) is 0.200. The van der Waals surface area contributed by atoms with Crippen LogP contribution in [0.3, 0.4) is 0 Å². The zero-order chi connectivity index (χ0) is 14.5. The Morgan fingerprint density at radius 3 is 2.40 bits per heavy atom. The Kier molecular flexibility index (Phi) is 4.99. The van der Waals surface area contributed by atoms with Gasteiger partial charge in [0, 0.05) is 11.6 Å². The monoisotopic (exact) mass is 308 g/mol. The minimum Gasteiger partial charge on any atom is -0.349 e. The smallest absolute Gasteiger partial charge is 0.251 e. The standard InChI is InChI=1S/C15H14Cl2N2O/c1-10(7-11-5-3-2-4-6-11)18-15(20)12-8-13(16)19-14(17)9-12/h2-6,8-10H,7H2,1H3,(H,18,20)/t10-/m0/s1. The quantitative estimate of drug-likeness (QED) is 0.874. The van der Waals surface area contributed by atoms with E-state index < -0.39 is 0 Å².